The number of nitrogens with one attached hydrogen (secondary N) is 1. The molecule has 0 aliphatic carbocycles. The van der Waals surface area contributed by atoms with Crippen molar-refractivity contribution in [2.45, 2.75) is 26.3 Å². The van der Waals surface area contributed by atoms with Crippen LogP contribution in [0, 0.1) is 5.92 Å². The number of sulfone groups is 1. The van der Waals surface area contributed by atoms with E-state index in [1.54, 1.807) is 29.2 Å². The molecule has 1 fully saturated rings. The van der Waals surface area contributed by atoms with Gasteiger partial charge in [-0.3, -0.25) is 14.5 Å². The molecule has 1 aliphatic rings. The highest BCUT2D eigenvalue weighted by Gasteiger charge is 2.29. The fraction of sp³-hybridized carbons (Fsp3) is 0.600. The molecule has 162 valence electrons. The highest BCUT2D eigenvalue weighted by Crippen LogP contribution is 2.13. The van der Waals surface area contributed by atoms with Crippen molar-refractivity contribution in [1.82, 2.24) is 15.1 Å². The van der Waals surface area contributed by atoms with E-state index in [4.69, 9.17) is 11.6 Å². The summed E-state index contributed by atoms with van der Waals surface area (Å²) in [4.78, 5) is 29.4. The molecule has 2 rings (SSSR count). The number of amides is 2. The number of hydrogen-bond donors (Lipinski definition) is 1. The van der Waals surface area contributed by atoms with Gasteiger partial charge in [0.1, 0.15) is 15.9 Å². The van der Waals surface area contributed by atoms with Crippen molar-refractivity contribution in [3.05, 3.63) is 34.9 Å². The Hall–Kier alpha value is -1.64. The predicted octanol–water partition coefficient (Wildman–Crippen LogP) is 1.67. The van der Waals surface area contributed by atoms with Gasteiger partial charge in [-0.15, -0.1) is 0 Å². The Kier molecular flexibility index (Phi) is 8.48. The topological polar surface area (TPSA) is 86.8 Å². The minimum Gasteiger partial charge on any atom is -0.340 e. The molecule has 9 heteroatoms. The van der Waals surface area contributed by atoms with Crippen molar-refractivity contribution in [2.24, 2.45) is 5.92 Å². The van der Waals surface area contributed by atoms with Gasteiger partial charge in [0.05, 0.1) is 5.75 Å². The zero-order valence-electron chi connectivity index (χ0n) is 17.2. The number of piperazine rings is 1. The Morgan fingerprint density at radius 1 is 1.10 bits per heavy atom. The van der Waals surface area contributed by atoms with Crippen LogP contribution in [0.2, 0.25) is 5.02 Å². The van der Waals surface area contributed by atoms with Gasteiger partial charge in [-0.2, -0.15) is 0 Å². The van der Waals surface area contributed by atoms with Crippen LogP contribution in [0.5, 0.6) is 0 Å². The molecule has 1 atom stereocenters. The molecule has 1 saturated heterocycles. The minimum absolute atomic E-state index is 0.0937. The van der Waals surface area contributed by atoms with E-state index in [1.807, 2.05) is 13.8 Å². The van der Waals surface area contributed by atoms with Crippen LogP contribution < -0.4 is 5.32 Å². The van der Waals surface area contributed by atoms with E-state index in [0.717, 1.165) is 0 Å². The molecule has 0 spiro atoms. The molecule has 1 N–H and O–H groups in total. The lowest BCUT2D eigenvalue weighted by molar-refractivity contribution is -0.135. The van der Waals surface area contributed by atoms with E-state index in [1.165, 1.54) is 6.26 Å². The van der Waals surface area contributed by atoms with Crippen molar-refractivity contribution in [2.75, 3.05) is 44.7 Å². The van der Waals surface area contributed by atoms with Gasteiger partial charge < -0.3 is 10.2 Å². The molecule has 29 heavy (non-hydrogen) atoms. The van der Waals surface area contributed by atoms with E-state index in [9.17, 15) is 18.0 Å². The molecule has 0 bridgehead atoms. The second kappa shape index (κ2) is 10.4. The number of carbonyl (C=O) groups excluding carboxylic acids is 2. The molecule has 1 aliphatic heterocycles. The van der Waals surface area contributed by atoms with Gasteiger partial charge in [0, 0.05) is 49.6 Å². The molecule has 1 aromatic rings. The van der Waals surface area contributed by atoms with Gasteiger partial charge in [0.2, 0.25) is 5.91 Å². The highest BCUT2D eigenvalue weighted by molar-refractivity contribution is 7.90. The third kappa shape index (κ3) is 7.95. The maximum absolute atomic E-state index is 13.1. The highest BCUT2D eigenvalue weighted by atomic mass is 35.5. The van der Waals surface area contributed by atoms with Crippen LogP contribution in [-0.4, -0.2) is 80.8 Å². The molecule has 0 saturated carbocycles. The van der Waals surface area contributed by atoms with Gasteiger partial charge in [0.25, 0.3) is 5.91 Å². The molecule has 7 nitrogen and oxygen atoms in total. The quantitative estimate of drug-likeness (QED) is 0.660. The van der Waals surface area contributed by atoms with Crippen molar-refractivity contribution >= 4 is 33.3 Å². The summed E-state index contributed by atoms with van der Waals surface area (Å²) in [7, 11) is -3.00. The molecular weight excluding hydrogens is 414 g/mol. The molecule has 1 unspecified atom stereocenters. The van der Waals surface area contributed by atoms with Crippen LogP contribution >= 0.6 is 11.6 Å². The zero-order chi connectivity index (χ0) is 21.6. The number of halogens is 1. The fourth-order valence-corrected chi connectivity index (χ4v) is 3.96. The van der Waals surface area contributed by atoms with Gasteiger partial charge in [-0.25, -0.2) is 8.42 Å². The average Bonchev–Trinajstić information content (AvgIpc) is 2.65. The molecule has 0 radical (unpaired) electrons. The normalized spacial score (nSPS) is 16.7. The number of carbonyl (C=O) groups is 2. The summed E-state index contributed by atoms with van der Waals surface area (Å²) in [6, 6.07) is 5.96. The first-order valence-electron chi connectivity index (χ1n) is 9.80. The lowest BCUT2D eigenvalue weighted by Crippen LogP contribution is -2.55. The molecule has 1 heterocycles. The summed E-state index contributed by atoms with van der Waals surface area (Å²) in [5, 5.41) is 3.42. The second-order valence-corrected chi connectivity index (χ2v) is 10.7. The van der Waals surface area contributed by atoms with Gasteiger partial charge in [-0.05, 0) is 36.6 Å². The molecular formula is C20H30ClN3O4S. The summed E-state index contributed by atoms with van der Waals surface area (Å²) in [5.41, 5.74) is 0.460. The Morgan fingerprint density at radius 2 is 1.69 bits per heavy atom. The van der Waals surface area contributed by atoms with Gasteiger partial charge in [-0.1, -0.05) is 25.4 Å². The molecule has 0 aromatic heterocycles. The maximum Gasteiger partial charge on any atom is 0.251 e. The average molecular weight is 444 g/mol. The fourth-order valence-electron chi connectivity index (χ4n) is 3.24. The molecule has 1 aromatic carbocycles. The predicted molar refractivity (Wildman–Crippen MR) is 115 cm³/mol. The third-order valence-corrected chi connectivity index (χ3v) is 6.06. The summed E-state index contributed by atoms with van der Waals surface area (Å²) >= 11 is 5.87. The van der Waals surface area contributed by atoms with E-state index < -0.39 is 15.9 Å². The van der Waals surface area contributed by atoms with Gasteiger partial charge in [0.15, 0.2) is 0 Å². The number of benzene rings is 1. The summed E-state index contributed by atoms with van der Waals surface area (Å²) in [6.07, 6.45) is 1.78. The van der Waals surface area contributed by atoms with Crippen LogP contribution in [0.15, 0.2) is 24.3 Å². The lowest BCUT2D eigenvalue weighted by atomic mass is 10.0. The Balaban J connectivity index is 1.96. The third-order valence-electron chi connectivity index (χ3n) is 4.88. The number of hydrogen-bond acceptors (Lipinski definition) is 5. The minimum atomic E-state index is -3.00. The van der Waals surface area contributed by atoms with Crippen molar-refractivity contribution < 1.29 is 18.0 Å². The van der Waals surface area contributed by atoms with Crippen LogP contribution in [0.25, 0.3) is 0 Å². The SMILES string of the molecule is CC(C)CC(NC(=O)c1ccc(Cl)cc1)C(=O)N1CCN(CCS(C)(=O)=O)CC1. The van der Waals surface area contributed by atoms with E-state index in [2.05, 4.69) is 10.2 Å². The zero-order valence-corrected chi connectivity index (χ0v) is 18.8. The Labute approximate surface area is 178 Å². The Bertz CT molecular complexity index is 804. The molecule has 2 amide bonds. The summed E-state index contributed by atoms with van der Waals surface area (Å²) < 4.78 is 22.7. The first kappa shape index (κ1) is 23.6. The van der Waals surface area contributed by atoms with Crippen LogP contribution in [0.3, 0.4) is 0 Å². The summed E-state index contributed by atoms with van der Waals surface area (Å²) in [6.45, 7) is 6.79. The van der Waals surface area contributed by atoms with Crippen molar-refractivity contribution in [3.8, 4) is 0 Å². The van der Waals surface area contributed by atoms with Gasteiger partial charge >= 0.3 is 0 Å². The lowest BCUT2D eigenvalue weighted by Gasteiger charge is -2.36. The second-order valence-electron chi connectivity index (χ2n) is 7.96. The van der Waals surface area contributed by atoms with Crippen molar-refractivity contribution in [1.29, 1.82) is 0 Å². The maximum atomic E-state index is 13.1. The van der Waals surface area contributed by atoms with Crippen LogP contribution in [0.1, 0.15) is 30.6 Å². The number of nitrogens with zero attached hydrogens (tertiary/aromatic N) is 2. The first-order valence-corrected chi connectivity index (χ1v) is 12.2. The van der Waals surface area contributed by atoms with Crippen LogP contribution in [0.4, 0.5) is 0 Å². The monoisotopic (exact) mass is 443 g/mol. The van der Waals surface area contributed by atoms with E-state index in [-0.39, 0.29) is 23.5 Å². The first-order chi connectivity index (χ1) is 13.5. The number of rotatable bonds is 8. The summed E-state index contributed by atoms with van der Waals surface area (Å²) in [5.74, 6) is -0.0320. The standard InChI is InChI=1S/C20H30ClN3O4S/c1-15(2)14-18(22-19(25)16-4-6-17(21)7-5-16)20(26)24-10-8-23(9-11-24)12-13-29(3,27)28/h4-7,15,18H,8-14H2,1-3H3,(H,22,25). The smallest absolute Gasteiger partial charge is 0.251 e. The van der Waals surface area contributed by atoms with E-state index >= 15 is 0 Å². The van der Waals surface area contributed by atoms with Crippen molar-refractivity contribution in [3.63, 3.8) is 0 Å². The van der Waals surface area contributed by atoms with Crippen LogP contribution in [-0.2, 0) is 14.6 Å². The largest absolute Gasteiger partial charge is 0.340 e. The van der Waals surface area contributed by atoms with E-state index in [0.29, 0.717) is 49.7 Å². The Morgan fingerprint density at radius 3 is 2.21 bits per heavy atom.